The van der Waals surface area contributed by atoms with Gasteiger partial charge in [-0.2, -0.15) is 10.5 Å². The molecule has 12 heavy (non-hydrogen) atoms. The summed E-state index contributed by atoms with van der Waals surface area (Å²) in [7, 11) is 0. The van der Waals surface area contributed by atoms with Gasteiger partial charge >= 0.3 is 0 Å². The lowest BCUT2D eigenvalue weighted by Crippen LogP contribution is -2.04. The fraction of sp³-hybridized carbons (Fsp3) is 0.400. The molecular weight excluding hydrogens is 148 g/mol. The van der Waals surface area contributed by atoms with Gasteiger partial charge in [0.2, 0.25) is 0 Å². The van der Waals surface area contributed by atoms with Gasteiger partial charge in [0.1, 0.15) is 0 Å². The Morgan fingerprint density at radius 3 is 2.83 bits per heavy atom. The van der Waals surface area contributed by atoms with Crippen LogP contribution in [0.25, 0.3) is 0 Å². The first-order valence-corrected chi connectivity index (χ1v) is 3.90. The van der Waals surface area contributed by atoms with E-state index < -0.39 is 0 Å². The molecule has 0 radical (unpaired) electrons. The topological polar surface area (TPSA) is 47.6 Å². The van der Waals surface area contributed by atoms with Crippen LogP contribution in [0.4, 0.5) is 0 Å². The summed E-state index contributed by atoms with van der Waals surface area (Å²) in [5, 5.41) is 17.2. The van der Waals surface area contributed by atoms with E-state index in [1.54, 1.807) is 0 Å². The van der Waals surface area contributed by atoms with Crippen LogP contribution in [0.3, 0.4) is 0 Å². The summed E-state index contributed by atoms with van der Waals surface area (Å²) in [4.78, 5) is 0. The van der Waals surface area contributed by atoms with Gasteiger partial charge in [-0.15, -0.1) is 0 Å². The molecule has 1 aliphatic rings. The number of nitrogens with zero attached hydrogens (tertiary/aromatic N) is 2. The summed E-state index contributed by atoms with van der Waals surface area (Å²) in [5.41, 5.74) is 2.16. The van der Waals surface area contributed by atoms with Gasteiger partial charge in [0.05, 0.1) is 24.5 Å². The number of nitriles is 2. The molecule has 0 aliphatic heterocycles. The Morgan fingerprint density at radius 2 is 2.25 bits per heavy atom. The maximum Gasteiger partial charge on any atom is 0.0710 e. The van der Waals surface area contributed by atoms with Crippen molar-refractivity contribution < 1.29 is 0 Å². The maximum absolute atomic E-state index is 8.75. The quantitative estimate of drug-likeness (QED) is 0.588. The zero-order valence-corrected chi connectivity index (χ0v) is 7.04. The van der Waals surface area contributed by atoms with Gasteiger partial charge in [-0.05, 0) is 13.3 Å². The molecule has 60 valence electrons. The van der Waals surface area contributed by atoms with Crippen LogP contribution in [0, 0.1) is 28.6 Å². The van der Waals surface area contributed by atoms with Crippen LogP contribution < -0.4 is 0 Å². The lowest BCUT2D eigenvalue weighted by molar-refractivity contribution is 0.735. The molecule has 0 bridgehead atoms. The molecule has 1 aliphatic carbocycles. The highest BCUT2D eigenvalue weighted by molar-refractivity contribution is 5.30. The Balaban J connectivity index is 2.75. The van der Waals surface area contributed by atoms with E-state index in [1.807, 2.05) is 19.1 Å². The van der Waals surface area contributed by atoms with Crippen LogP contribution in [-0.2, 0) is 0 Å². The van der Waals surface area contributed by atoms with Crippen molar-refractivity contribution in [3.63, 3.8) is 0 Å². The minimum absolute atomic E-state index is 0.0154. The van der Waals surface area contributed by atoms with E-state index in [1.165, 1.54) is 0 Å². The predicted molar refractivity (Wildman–Crippen MR) is 45.8 cm³/mol. The van der Waals surface area contributed by atoms with Crippen molar-refractivity contribution >= 4 is 0 Å². The van der Waals surface area contributed by atoms with E-state index in [2.05, 4.69) is 12.1 Å². The van der Waals surface area contributed by atoms with Crippen molar-refractivity contribution in [2.45, 2.75) is 19.8 Å². The molecule has 0 heterocycles. The fourth-order valence-electron chi connectivity index (χ4n) is 1.24. The van der Waals surface area contributed by atoms with E-state index in [4.69, 9.17) is 10.5 Å². The molecule has 1 unspecified atom stereocenters. The predicted octanol–water partition coefficient (Wildman–Crippen LogP) is 2.32. The summed E-state index contributed by atoms with van der Waals surface area (Å²) in [6.07, 6.45) is 5.06. The molecule has 0 aromatic carbocycles. The van der Waals surface area contributed by atoms with Crippen molar-refractivity contribution in [1.82, 2.24) is 0 Å². The van der Waals surface area contributed by atoms with Crippen LogP contribution in [0.1, 0.15) is 19.8 Å². The highest BCUT2D eigenvalue weighted by Crippen LogP contribution is 2.25. The van der Waals surface area contributed by atoms with Crippen LogP contribution in [0.15, 0.2) is 23.3 Å². The first-order valence-electron chi connectivity index (χ1n) is 3.90. The Kier molecular flexibility index (Phi) is 2.66. The second-order valence-electron chi connectivity index (χ2n) is 2.96. The summed E-state index contributed by atoms with van der Waals surface area (Å²) in [6.45, 7) is 1.95. The first kappa shape index (κ1) is 8.56. The van der Waals surface area contributed by atoms with Gasteiger partial charge in [0.25, 0.3) is 0 Å². The van der Waals surface area contributed by atoms with Crippen LogP contribution in [0.5, 0.6) is 0 Å². The molecule has 0 fully saturated rings. The van der Waals surface area contributed by atoms with E-state index in [-0.39, 0.29) is 5.92 Å². The largest absolute Gasteiger partial charge is 0.198 e. The van der Waals surface area contributed by atoms with Crippen molar-refractivity contribution in [2.75, 3.05) is 0 Å². The van der Waals surface area contributed by atoms with Crippen LogP contribution in [-0.4, -0.2) is 0 Å². The molecule has 2 heteroatoms. The van der Waals surface area contributed by atoms with E-state index >= 15 is 0 Å². The second-order valence-corrected chi connectivity index (χ2v) is 2.96. The fourth-order valence-corrected chi connectivity index (χ4v) is 1.24. The van der Waals surface area contributed by atoms with Crippen molar-refractivity contribution in [3.8, 4) is 12.1 Å². The van der Waals surface area contributed by atoms with Crippen molar-refractivity contribution in [2.24, 2.45) is 5.92 Å². The van der Waals surface area contributed by atoms with Crippen molar-refractivity contribution in [3.05, 3.63) is 23.3 Å². The molecule has 0 saturated heterocycles. The molecule has 0 N–H and O–H groups in total. The molecule has 1 atom stereocenters. The van der Waals surface area contributed by atoms with Crippen LogP contribution >= 0.6 is 0 Å². The summed E-state index contributed by atoms with van der Waals surface area (Å²) in [5.74, 6) is -0.0154. The Hall–Kier alpha value is -1.54. The molecular formula is C10H10N2. The first-order chi connectivity index (χ1) is 5.77. The molecule has 0 amide bonds. The Morgan fingerprint density at radius 1 is 1.50 bits per heavy atom. The monoisotopic (exact) mass is 158 g/mol. The minimum Gasteiger partial charge on any atom is -0.198 e. The third kappa shape index (κ3) is 1.74. The number of hydrogen-bond acceptors (Lipinski definition) is 2. The maximum atomic E-state index is 8.75. The highest BCUT2D eigenvalue weighted by atomic mass is 14.3. The Bertz CT molecular complexity index is 310. The highest BCUT2D eigenvalue weighted by Gasteiger charge is 2.14. The lowest BCUT2D eigenvalue weighted by Gasteiger charge is -2.14. The van der Waals surface area contributed by atoms with Gasteiger partial charge < -0.3 is 0 Å². The third-order valence-electron chi connectivity index (χ3n) is 2.06. The minimum atomic E-state index is -0.0154. The van der Waals surface area contributed by atoms with Gasteiger partial charge in [0.15, 0.2) is 0 Å². The van der Waals surface area contributed by atoms with Gasteiger partial charge in [0, 0.05) is 0 Å². The number of rotatable bonds is 1. The lowest BCUT2D eigenvalue weighted by atomic mass is 9.88. The molecule has 0 spiro atoms. The van der Waals surface area contributed by atoms with Gasteiger partial charge in [-0.25, -0.2) is 0 Å². The zero-order chi connectivity index (χ0) is 8.97. The number of hydrogen-bond donors (Lipinski definition) is 0. The summed E-state index contributed by atoms with van der Waals surface area (Å²) in [6, 6.07) is 4.31. The van der Waals surface area contributed by atoms with E-state index in [9.17, 15) is 0 Å². The standard InChI is InChI=1S/C10H10N2/c1-8-2-3-9(4-5-11)6-10(8)7-12/h2-3,10H,4,6H2,1H3. The van der Waals surface area contributed by atoms with Gasteiger partial charge in [-0.3, -0.25) is 0 Å². The summed E-state index contributed by atoms with van der Waals surface area (Å²) >= 11 is 0. The average molecular weight is 158 g/mol. The molecule has 0 aromatic heterocycles. The normalized spacial score (nSPS) is 21.8. The van der Waals surface area contributed by atoms with E-state index in [0.717, 1.165) is 17.6 Å². The van der Waals surface area contributed by atoms with E-state index in [0.29, 0.717) is 6.42 Å². The number of allylic oxidation sites excluding steroid dienone is 4. The average Bonchev–Trinajstić information content (AvgIpc) is 2.09. The smallest absolute Gasteiger partial charge is 0.0710 e. The molecule has 2 nitrogen and oxygen atoms in total. The molecule has 0 saturated carbocycles. The third-order valence-corrected chi connectivity index (χ3v) is 2.06. The zero-order valence-electron chi connectivity index (χ0n) is 7.04. The Labute approximate surface area is 72.4 Å². The molecule has 0 aromatic rings. The van der Waals surface area contributed by atoms with Crippen molar-refractivity contribution in [1.29, 1.82) is 10.5 Å². The van der Waals surface area contributed by atoms with Crippen LogP contribution in [0.2, 0.25) is 0 Å². The van der Waals surface area contributed by atoms with Gasteiger partial charge in [-0.1, -0.05) is 23.3 Å². The second kappa shape index (κ2) is 3.74. The summed E-state index contributed by atoms with van der Waals surface area (Å²) < 4.78 is 0. The SMILES string of the molecule is CC1=CC=C(CC#N)CC1C#N. The molecule has 1 rings (SSSR count).